The topological polar surface area (TPSA) is 47.3 Å². The molecule has 4 heteroatoms. The summed E-state index contributed by atoms with van der Waals surface area (Å²) in [5.74, 6) is 1.87. The number of nitrogens with zero attached hydrogens (tertiary/aromatic N) is 2. The van der Waals surface area contributed by atoms with E-state index in [9.17, 15) is 5.11 Å². The molecule has 26 heavy (non-hydrogen) atoms. The Balaban J connectivity index is 1.72. The zero-order chi connectivity index (χ0) is 18.7. The molecule has 0 saturated heterocycles. The molecule has 1 N–H and O–H groups in total. The number of aliphatic hydroxyl groups excluding tert-OH is 1. The maximum Gasteiger partial charge on any atom is 0.119 e. The number of aliphatic hydroxyl groups is 1. The molecule has 0 aliphatic heterocycles. The molecule has 3 rings (SSSR count). The predicted molar refractivity (Wildman–Crippen MR) is 106 cm³/mol. The molecule has 1 aromatic heterocycles. The van der Waals surface area contributed by atoms with Gasteiger partial charge in [-0.1, -0.05) is 6.07 Å². The third-order valence-electron chi connectivity index (χ3n) is 5.05. The van der Waals surface area contributed by atoms with Gasteiger partial charge in [0.25, 0.3) is 0 Å². The van der Waals surface area contributed by atoms with E-state index in [0.717, 1.165) is 35.6 Å². The zero-order valence-electron chi connectivity index (χ0n) is 16.2. The van der Waals surface area contributed by atoms with Gasteiger partial charge in [-0.05, 0) is 80.6 Å². The summed E-state index contributed by atoms with van der Waals surface area (Å²) in [4.78, 5) is 4.72. The van der Waals surface area contributed by atoms with Crippen molar-refractivity contribution < 1.29 is 9.84 Å². The Hall–Kier alpha value is -2.33. The number of hydrogen-bond donors (Lipinski definition) is 1. The van der Waals surface area contributed by atoms with Gasteiger partial charge < -0.3 is 14.4 Å². The fourth-order valence-electron chi connectivity index (χ4n) is 3.19. The highest BCUT2D eigenvalue weighted by Crippen LogP contribution is 2.22. The third-order valence-corrected chi connectivity index (χ3v) is 5.05. The van der Waals surface area contributed by atoms with Crippen LogP contribution in [0.5, 0.6) is 5.75 Å². The second-order valence-corrected chi connectivity index (χ2v) is 7.03. The maximum absolute atomic E-state index is 9.37. The van der Waals surface area contributed by atoms with E-state index in [0.29, 0.717) is 13.0 Å². The van der Waals surface area contributed by atoms with Crippen molar-refractivity contribution in [3.63, 3.8) is 0 Å². The van der Waals surface area contributed by atoms with Gasteiger partial charge in [-0.2, -0.15) is 0 Å². The quantitative estimate of drug-likeness (QED) is 0.646. The number of hydrogen-bond acceptors (Lipinski definition) is 3. The van der Waals surface area contributed by atoms with Crippen molar-refractivity contribution in [1.29, 1.82) is 0 Å². The SMILES string of the molecule is Cc1ccc(OCCCn2c(CCO)nc3cc(C)c(C)cc32)cc1C. The van der Waals surface area contributed by atoms with Crippen LogP contribution < -0.4 is 4.74 Å². The molecule has 0 unspecified atom stereocenters. The Morgan fingerprint density at radius 3 is 2.42 bits per heavy atom. The van der Waals surface area contributed by atoms with Gasteiger partial charge in [-0.3, -0.25) is 0 Å². The summed E-state index contributed by atoms with van der Waals surface area (Å²) >= 11 is 0. The van der Waals surface area contributed by atoms with Gasteiger partial charge in [0, 0.05) is 13.0 Å². The van der Waals surface area contributed by atoms with Crippen molar-refractivity contribution >= 4 is 11.0 Å². The molecule has 0 spiro atoms. The number of aryl methyl sites for hydroxylation is 5. The summed E-state index contributed by atoms with van der Waals surface area (Å²) in [7, 11) is 0. The third kappa shape index (κ3) is 3.91. The van der Waals surface area contributed by atoms with Crippen LogP contribution in [-0.2, 0) is 13.0 Å². The molecule has 0 bridgehead atoms. The van der Waals surface area contributed by atoms with Crippen molar-refractivity contribution in [3.8, 4) is 5.75 Å². The minimum absolute atomic E-state index is 0.112. The van der Waals surface area contributed by atoms with Gasteiger partial charge in [0.15, 0.2) is 0 Å². The summed E-state index contributed by atoms with van der Waals surface area (Å²) in [6, 6.07) is 10.5. The molecular formula is C22H28N2O2. The largest absolute Gasteiger partial charge is 0.494 e. The first-order valence-corrected chi connectivity index (χ1v) is 9.27. The van der Waals surface area contributed by atoms with E-state index in [-0.39, 0.29) is 6.61 Å². The van der Waals surface area contributed by atoms with Crippen LogP contribution in [-0.4, -0.2) is 27.9 Å². The van der Waals surface area contributed by atoms with E-state index in [2.05, 4.69) is 56.5 Å². The first-order chi connectivity index (χ1) is 12.5. The monoisotopic (exact) mass is 352 g/mol. The highest BCUT2D eigenvalue weighted by atomic mass is 16.5. The molecule has 0 fully saturated rings. The lowest BCUT2D eigenvalue weighted by molar-refractivity contribution is 0.289. The highest BCUT2D eigenvalue weighted by molar-refractivity contribution is 5.78. The fourth-order valence-corrected chi connectivity index (χ4v) is 3.19. The van der Waals surface area contributed by atoms with Crippen LogP contribution in [0.1, 0.15) is 34.5 Å². The molecule has 0 aliphatic carbocycles. The van der Waals surface area contributed by atoms with Gasteiger partial charge in [0.05, 0.1) is 24.2 Å². The second kappa shape index (κ2) is 7.92. The maximum atomic E-state index is 9.37. The normalized spacial score (nSPS) is 11.3. The number of rotatable bonds is 7. The van der Waals surface area contributed by atoms with E-state index >= 15 is 0 Å². The van der Waals surface area contributed by atoms with Crippen LogP contribution in [0.4, 0.5) is 0 Å². The first-order valence-electron chi connectivity index (χ1n) is 9.27. The van der Waals surface area contributed by atoms with E-state index in [1.807, 2.05) is 6.07 Å². The first kappa shape index (κ1) is 18.5. The second-order valence-electron chi connectivity index (χ2n) is 7.03. The summed E-state index contributed by atoms with van der Waals surface area (Å²) in [6.45, 7) is 10.0. The summed E-state index contributed by atoms with van der Waals surface area (Å²) in [5, 5.41) is 9.37. The number of ether oxygens (including phenoxy) is 1. The minimum atomic E-state index is 0.112. The van der Waals surface area contributed by atoms with Crippen molar-refractivity contribution in [2.75, 3.05) is 13.2 Å². The zero-order valence-corrected chi connectivity index (χ0v) is 16.2. The molecule has 0 saturated carbocycles. The van der Waals surface area contributed by atoms with Crippen LogP contribution in [0, 0.1) is 27.7 Å². The minimum Gasteiger partial charge on any atom is -0.494 e. The number of imidazole rings is 1. The summed E-state index contributed by atoms with van der Waals surface area (Å²) < 4.78 is 8.14. The lowest BCUT2D eigenvalue weighted by Crippen LogP contribution is -2.09. The van der Waals surface area contributed by atoms with Crippen molar-refractivity contribution in [2.45, 2.75) is 47.1 Å². The van der Waals surface area contributed by atoms with E-state index in [1.54, 1.807) is 0 Å². The molecule has 3 aromatic rings. The molecule has 0 radical (unpaired) electrons. The van der Waals surface area contributed by atoms with Crippen LogP contribution in [0.25, 0.3) is 11.0 Å². The Labute approximate surface area is 155 Å². The van der Waals surface area contributed by atoms with Gasteiger partial charge in [0.1, 0.15) is 11.6 Å². The molecular weight excluding hydrogens is 324 g/mol. The van der Waals surface area contributed by atoms with Gasteiger partial charge in [-0.25, -0.2) is 4.98 Å². The van der Waals surface area contributed by atoms with Gasteiger partial charge in [0.2, 0.25) is 0 Å². The van der Waals surface area contributed by atoms with Crippen LogP contribution in [0.2, 0.25) is 0 Å². The van der Waals surface area contributed by atoms with Gasteiger partial charge >= 0.3 is 0 Å². The van der Waals surface area contributed by atoms with Crippen molar-refractivity contribution in [2.24, 2.45) is 0 Å². The summed E-state index contributed by atoms with van der Waals surface area (Å²) in [6.07, 6.45) is 1.47. The Morgan fingerprint density at radius 2 is 1.69 bits per heavy atom. The molecule has 138 valence electrons. The van der Waals surface area contributed by atoms with E-state index in [1.165, 1.54) is 22.3 Å². The van der Waals surface area contributed by atoms with Gasteiger partial charge in [-0.15, -0.1) is 0 Å². The number of benzene rings is 2. The van der Waals surface area contributed by atoms with E-state index in [4.69, 9.17) is 9.72 Å². The molecule has 0 amide bonds. The lowest BCUT2D eigenvalue weighted by Gasteiger charge is -2.11. The van der Waals surface area contributed by atoms with E-state index < -0.39 is 0 Å². The predicted octanol–water partition coefficient (Wildman–Crippen LogP) is 4.27. The van der Waals surface area contributed by atoms with Crippen molar-refractivity contribution in [1.82, 2.24) is 9.55 Å². The molecule has 0 atom stereocenters. The lowest BCUT2D eigenvalue weighted by atomic mass is 10.1. The average molecular weight is 352 g/mol. The number of aromatic nitrogens is 2. The van der Waals surface area contributed by atoms with Crippen LogP contribution in [0.3, 0.4) is 0 Å². The standard InChI is InChI=1S/C22H28N2O2/c1-15-6-7-19(12-16(15)2)26-11-5-9-24-21-14-18(4)17(3)13-20(21)23-22(24)8-10-25/h6-7,12-14,25H,5,8-11H2,1-4H3. The fraction of sp³-hybridized carbons (Fsp3) is 0.409. The molecule has 0 aliphatic rings. The van der Waals surface area contributed by atoms with Crippen LogP contribution in [0.15, 0.2) is 30.3 Å². The molecule has 2 aromatic carbocycles. The summed E-state index contributed by atoms with van der Waals surface area (Å²) in [5.41, 5.74) is 7.19. The van der Waals surface area contributed by atoms with Crippen molar-refractivity contribution in [3.05, 3.63) is 58.4 Å². The smallest absolute Gasteiger partial charge is 0.119 e. The molecule has 1 heterocycles. The Kier molecular flexibility index (Phi) is 5.62. The Morgan fingerprint density at radius 1 is 0.962 bits per heavy atom. The van der Waals surface area contributed by atoms with Crippen LogP contribution >= 0.6 is 0 Å². The molecule has 4 nitrogen and oxygen atoms in total. The number of fused-ring (bicyclic) bond motifs is 1. The average Bonchev–Trinajstić information content (AvgIpc) is 2.92. The Bertz CT molecular complexity index is 912. The highest BCUT2D eigenvalue weighted by Gasteiger charge is 2.11.